The molecule has 0 aromatic carbocycles. The van der Waals surface area contributed by atoms with Crippen molar-refractivity contribution < 1.29 is 0 Å². The van der Waals surface area contributed by atoms with E-state index in [0.717, 1.165) is 23.9 Å². The third-order valence-corrected chi connectivity index (χ3v) is 4.71. The first-order valence-electron chi connectivity index (χ1n) is 7.57. The van der Waals surface area contributed by atoms with Crippen molar-refractivity contribution in [1.29, 1.82) is 0 Å². The summed E-state index contributed by atoms with van der Waals surface area (Å²) in [5, 5.41) is 3.93. The molecule has 1 heteroatoms. The van der Waals surface area contributed by atoms with Crippen molar-refractivity contribution in [3.05, 3.63) is 0 Å². The Morgan fingerprint density at radius 3 is 2.06 bits per heavy atom. The second-order valence-corrected chi connectivity index (χ2v) is 6.06. The van der Waals surface area contributed by atoms with Crippen LogP contribution in [0.5, 0.6) is 0 Å². The summed E-state index contributed by atoms with van der Waals surface area (Å²) in [6.45, 7) is 4.77. The van der Waals surface area contributed by atoms with E-state index in [1.807, 2.05) is 0 Å². The van der Waals surface area contributed by atoms with E-state index in [2.05, 4.69) is 19.2 Å². The van der Waals surface area contributed by atoms with Crippen LogP contribution in [0.2, 0.25) is 0 Å². The van der Waals surface area contributed by atoms with Crippen molar-refractivity contribution >= 4 is 0 Å². The van der Waals surface area contributed by atoms with E-state index in [0.29, 0.717) is 0 Å². The largest absolute Gasteiger partial charge is 0.311 e. The monoisotopic (exact) mass is 223 g/mol. The summed E-state index contributed by atoms with van der Waals surface area (Å²) in [4.78, 5) is 0. The van der Waals surface area contributed by atoms with Gasteiger partial charge in [0.1, 0.15) is 0 Å². The van der Waals surface area contributed by atoms with Gasteiger partial charge >= 0.3 is 0 Å². The van der Waals surface area contributed by atoms with Crippen molar-refractivity contribution in [1.82, 2.24) is 5.32 Å². The van der Waals surface area contributed by atoms with E-state index >= 15 is 0 Å². The molecule has 0 aliphatic heterocycles. The van der Waals surface area contributed by atoms with Gasteiger partial charge in [0, 0.05) is 12.1 Å². The van der Waals surface area contributed by atoms with E-state index in [1.54, 1.807) is 0 Å². The molecule has 0 aromatic rings. The zero-order valence-corrected chi connectivity index (χ0v) is 11.2. The van der Waals surface area contributed by atoms with Crippen LogP contribution in [0.15, 0.2) is 0 Å². The lowest BCUT2D eigenvalue weighted by Gasteiger charge is -2.28. The van der Waals surface area contributed by atoms with Crippen LogP contribution in [0.25, 0.3) is 0 Å². The van der Waals surface area contributed by atoms with Crippen molar-refractivity contribution in [2.45, 2.75) is 83.7 Å². The van der Waals surface area contributed by atoms with Crippen LogP contribution < -0.4 is 5.32 Å². The highest BCUT2D eigenvalue weighted by atomic mass is 15.0. The van der Waals surface area contributed by atoms with Gasteiger partial charge < -0.3 is 5.32 Å². The highest BCUT2D eigenvalue weighted by Gasteiger charge is 2.31. The lowest BCUT2D eigenvalue weighted by atomic mass is 9.92. The summed E-state index contributed by atoms with van der Waals surface area (Å²) in [5.74, 6) is 1.97. The van der Waals surface area contributed by atoms with Crippen molar-refractivity contribution in [3.63, 3.8) is 0 Å². The fraction of sp³-hybridized carbons (Fsp3) is 1.00. The SMILES string of the molecule is CCC(N[C@@H](C)C1CCCCCC1)C1CC1. The Kier molecular flexibility index (Phi) is 4.69. The first-order chi connectivity index (χ1) is 7.81. The molecule has 0 saturated heterocycles. The van der Waals surface area contributed by atoms with Gasteiger partial charge in [-0.15, -0.1) is 0 Å². The van der Waals surface area contributed by atoms with Gasteiger partial charge in [-0.1, -0.05) is 32.6 Å². The molecule has 0 amide bonds. The topological polar surface area (TPSA) is 12.0 Å². The first-order valence-corrected chi connectivity index (χ1v) is 7.57. The number of nitrogens with one attached hydrogen (secondary N) is 1. The number of rotatable bonds is 5. The summed E-state index contributed by atoms with van der Waals surface area (Å²) in [7, 11) is 0. The Labute approximate surface area is 101 Å². The molecule has 0 bridgehead atoms. The lowest BCUT2D eigenvalue weighted by molar-refractivity contribution is 0.292. The van der Waals surface area contributed by atoms with Crippen molar-refractivity contribution in [2.24, 2.45) is 11.8 Å². The molecule has 94 valence electrons. The summed E-state index contributed by atoms with van der Waals surface area (Å²) in [6, 6.07) is 1.57. The molecule has 0 heterocycles. The Hall–Kier alpha value is -0.0400. The number of hydrogen-bond acceptors (Lipinski definition) is 1. The molecule has 0 radical (unpaired) electrons. The minimum absolute atomic E-state index is 0.753. The van der Waals surface area contributed by atoms with Gasteiger partial charge in [0.15, 0.2) is 0 Å². The summed E-state index contributed by atoms with van der Waals surface area (Å²) in [6.07, 6.45) is 13.1. The molecule has 1 unspecified atom stereocenters. The van der Waals surface area contributed by atoms with Crippen molar-refractivity contribution in [3.8, 4) is 0 Å². The fourth-order valence-electron chi connectivity index (χ4n) is 3.37. The second-order valence-electron chi connectivity index (χ2n) is 6.06. The van der Waals surface area contributed by atoms with Crippen LogP contribution >= 0.6 is 0 Å². The molecule has 2 rings (SSSR count). The van der Waals surface area contributed by atoms with Crippen LogP contribution in [-0.2, 0) is 0 Å². The van der Waals surface area contributed by atoms with Gasteiger partial charge in [-0.3, -0.25) is 0 Å². The smallest absolute Gasteiger partial charge is 0.00952 e. The molecule has 2 aliphatic rings. The molecule has 1 nitrogen and oxygen atoms in total. The maximum absolute atomic E-state index is 3.93. The standard InChI is InChI=1S/C15H29N/c1-3-15(14-10-11-14)16-12(2)13-8-6-4-5-7-9-13/h12-16H,3-11H2,1-2H3/t12-,15?/m0/s1. The highest BCUT2D eigenvalue weighted by molar-refractivity contribution is 4.88. The first kappa shape index (κ1) is 12.4. The predicted octanol–water partition coefficient (Wildman–Crippen LogP) is 4.12. The van der Waals surface area contributed by atoms with Gasteiger partial charge in [-0.25, -0.2) is 0 Å². The van der Waals surface area contributed by atoms with E-state index in [1.165, 1.54) is 57.8 Å². The summed E-state index contributed by atoms with van der Waals surface area (Å²) >= 11 is 0. The molecule has 0 spiro atoms. The second kappa shape index (κ2) is 6.05. The maximum Gasteiger partial charge on any atom is 0.00952 e. The highest BCUT2D eigenvalue weighted by Crippen LogP contribution is 2.35. The van der Waals surface area contributed by atoms with E-state index in [-0.39, 0.29) is 0 Å². The van der Waals surface area contributed by atoms with Crippen LogP contribution in [0.1, 0.15) is 71.6 Å². The average Bonchev–Trinajstić information content (AvgIpc) is 3.11. The van der Waals surface area contributed by atoms with Crippen LogP contribution in [0.4, 0.5) is 0 Å². The van der Waals surface area contributed by atoms with Crippen molar-refractivity contribution in [2.75, 3.05) is 0 Å². The molecular formula is C15H29N. The van der Waals surface area contributed by atoms with Crippen LogP contribution in [-0.4, -0.2) is 12.1 Å². The number of hydrogen-bond donors (Lipinski definition) is 1. The average molecular weight is 223 g/mol. The van der Waals surface area contributed by atoms with Gasteiger partial charge in [-0.05, 0) is 50.9 Å². The molecule has 1 N–H and O–H groups in total. The predicted molar refractivity (Wildman–Crippen MR) is 70.6 cm³/mol. The Balaban J connectivity index is 1.77. The molecule has 2 saturated carbocycles. The lowest BCUT2D eigenvalue weighted by Crippen LogP contribution is -2.41. The third-order valence-electron chi connectivity index (χ3n) is 4.71. The minimum atomic E-state index is 0.753. The van der Waals surface area contributed by atoms with Crippen LogP contribution in [0.3, 0.4) is 0 Å². The quantitative estimate of drug-likeness (QED) is 0.691. The van der Waals surface area contributed by atoms with E-state index < -0.39 is 0 Å². The zero-order chi connectivity index (χ0) is 11.4. The van der Waals surface area contributed by atoms with Gasteiger partial charge in [0.2, 0.25) is 0 Å². The van der Waals surface area contributed by atoms with Gasteiger partial charge in [0.05, 0.1) is 0 Å². The van der Waals surface area contributed by atoms with E-state index in [9.17, 15) is 0 Å². The van der Waals surface area contributed by atoms with Gasteiger partial charge in [0.25, 0.3) is 0 Å². The zero-order valence-electron chi connectivity index (χ0n) is 11.2. The third kappa shape index (κ3) is 3.48. The Morgan fingerprint density at radius 2 is 1.56 bits per heavy atom. The summed E-state index contributed by atoms with van der Waals surface area (Å²) in [5.41, 5.74) is 0. The fourth-order valence-corrected chi connectivity index (χ4v) is 3.37. The molecule has 0 aromatic heterocycles. The minimum Gasteiger partial charge on any atom is -0.311 e. The van der Waals surface area contributed by atoms with E-state index in [4.69, 9.17) is 0 Å². The normalized spacial score (nSPS) is 27.4. The Bertz CT molecular complexity index is 190. The molecule has 2 atom stereocenters. The van der Waals surface area contributed by atoms with Crippen LogP contribution in [0, 0.1) is 11.8 Å². The molecule has 16 heavy (non-hydrogen) atoms. The molecule has 2 fully saturated rings. The Morgan fingerprint density at radius 1 is 0.938 bits per heavy atom. The molecular weight excluding hydrogens is 194 g/mol. The van der Waals surface area contributed by atoms with Gasteiger partial charge in [-0.2, -0.15) is 0 Å². The molecule has 2 aliphatic carbocycles. The maximum atomic E-state index is 3.93. The summed E-state index contributed by atoms with van der Waals surface area (Å²) < 4.78 is 0.